The first-order valence-corrected chi connectivity index (χ1v) is 7.69. The minimum absolute atomic E-state index is 0.0304. The molecule has 1 atom stereocenters. The second kappa shape index (κ2) is 8.47. The third-order valence-corrected chi connectivity index (χ3v) is 3.48. The maximum absolute atomic E-state index is 11.2. The maximum atomic E-state index is 11.2. The SMILES string of the molecule is CCCOc1c(Cl)cc(Cl)cc1CNC(C(=O)O)C(C)C. The van der Waals surface area contributed by atoms with E-state index in [-0.39, 0.29) is 5.92 Å². The van der Waals surface area contributed by atoms with Crippen LogP contribution in [0.25, 0.3) is 0 Å². The van der Waals surface area contributed by atoms with Crippen LogP contribution in [0, 0.1) is 5.92 Å². The van der Waals surface area contributed by atoms with Gasteiger partial charge >= 0.3 is 5.97 Å². The second-order valence-corrected chi connectivity index (χ2v) is 6.01. The van der Waals surface area contributed by atoms with Crippen LogP contribution in [0.3, 0.4) is 0 Å². The predicted octanol–water partition coefficient (Wildman–Crippen LogP) is 3.98. The normalized spacial score (nSPS) is 12.5. The lowest BCUT2D eigenvalue weighted by atomic mass is 10.0. The molecule has 0 heterocycles. The highest BCUT2D eigenvalue weighted by Gasteiger charge is 2.21. The molecular formula is C15H21Cl2NO3. The summed E-state index contributed by atoms with van der Waals surface area (Å²) in [7, 11) is 0. The molecule has 1 unspecified atom stereocenters. The van der Waals surface area contributed by atoms with Crippen LogP contribution < -0.4 is 10.1 Å². The molecule has 0 aliphatic rings. The molecule has 0 saturated heterocycles. The zero-order valence-corrected chi connectivity index (χ0v) is 14.0. The lowest BCUT2D eigenvalue weighted by Gasteiger charge is -2.20. The highest BCUT2D eigenvalue weighted by atomic mass is 35.5. The topological polar surface area (TPSA) is 58.6 Å². The van der Waals surface area contributed by atoms with Gasteiger partial charge in [-0.15, -0.1) is 0 Å². The molecule has 0 aliphatic carbocycles. The van der Waals surface area contributed by atoms with E-state index in [1.807, 2.05) is 20.8 Å². The molecule has 0 radical (unpaired) electrons. The van der Waals surface area contributed by atoms with Gasteiger partial charge in [-0.1, -0.05) is 44.0 Å². The third-order valence-electron chi connectivity index (χ3n) is 2.98. The summed E-state index contributed by atoms with van der Waals surface area (Å²) in [5.74, 6) is -0.352. The molecule has 0 aromatic heterocycles. The predicted molar refractivity (Wildman–Crippen MR) is 85.3 cm³/mol. The van der Waals surface area contributed by atoms with Crippen molar-refractivity contribution in [1.82, 2.24) is 5.32 Å². The Labute approximate surface area is 135 Å². The molecule has 0 fully saturated rings. The van der Waals surface area contributed by atoms with Crippen LogP contribution in [0.4, 0.5) is 0 Å². The fraction of sp³-hybridized carbons (Fsp3) is 0.533. The van der Waals surface area contributed by atoms with Gasteiger partial charge in [0.15, 0.2) is 0 Å². The Bertz CT molecular complexity index is 492. The molecule has 1 aromatic rings. The van der Waals surface area contributed by atoms with Crippen LogP contribution >= 0.6 is 23.2 Å². The van der Waals surface area contributed by atoms with Crippen molar-refractivity contribution in [3.8, 4) is 5.75 Å². The van der Waals surface area contributed by atoms with Gasteiger partial charge in [-0.2, -0.15) is 0 Å². The largest absolute Gasteiger partial charge is 0.492 e. The van der Waals surface area contributed by atoms with E-state index in [1.54, 1.807) is 12.1 Å². The maximum Gasteiger partial charge on any atom is 0.320 e. The van der Waals surface area contributed by atoms with Gasteiger partial charge in [-0.05, 0) is 24.5 Å². The number of benzene rings is 1. The lowest BCUT2D eigenvalue weighted by Crippen LogP contribution is -2.40. The molecule has 0 bridgehead atoms. The number of ether oxygens (including phenoxy) is 1. The Morgan fingerprint density at radius 2 is 2.05 bits per heavy atom. The van der Waals surface area contributed by atoms with Gasteiger partial charge in [-0.3, -0.25) is 10.1 Å². The smallest absolute Gasteiger partial charge is 0.320 e. The summed E-state index contributed by atoms with van der Waals surface area (Å²) in [6.45, 7) is 6.58. The summed E-state index contributed by atoms with van der Waals surface area (Å²) in [6, 6.07) is 2.72. The Hall–Kier alpha value is -0.970. The first-order valence-electron chi connectivity index (χ1n) is 6.93. The summed E-state index contributed by atoms with van der Waals surface area (Å²) in [5, 5.41) is 13.1. The fourth-order valence-electron chi connectivity index (χ4n) is 1.94. The van der Waals surface area contributed by atoms with Gasteiger partial charge in [-0.25, -0.2) is 0 Å². The van der Waals surface area contributed by atoms with E-state index >= 15 is 0 Å². The van der Waals surface area contributed by atoms with Gasteiger partial charge in [0.1, 0.15) is 11.8 Å². The molecule has 1 aromatic carbocycles. The summed E-state index contributed by atoms with van der Waals surface area (Å²) in [5.41, 5.74) is 0.757. The summed E-state index contributed by atoms with van der Waals surface area (Å²) in [4.78, 5) is 11.2. The molecule has 0 spiro atoms. The van der Waals surface area contributed by atoms with Gasteiger partial charge in [0, 0.05) is 17.1 Å². The average molecular weight is 334 g/mol. The van der Waals surface area contributed by atoms with Crippen molar-refractivity contribution >= 4 is 29.2 Å². The first-order chi connectivity index (χ1) is 9.86. The Kier molecular flexibility index (Phi) is 7.29. The minimum atomic E-state index is -0.880. The number of halogens is 2. The lowest BCUT2D eigenvalue weighted by molar-refractivity contribution is -0.140. The Balaban J connectivity index is 2.92. The molecule has 0 amide bonds. The zero-order chi connectivity index (χ0) is 16.0. The van der Waals surface area contributed by atoms with Gasteiger partial charge in [0.05, 0.1) is 11.6 Å². The number of carboxylic acids is 1. The van der Waals surface area contributed by atoms with E-state index in [9.17, 15) is 9.90 Å². The summed E-state index contributed by atoms with van der Waals surface area (Å²) in [6.07, 6.45) is 0.857. The highest BCUT2D eigenvalue weighted by Crippen LogP contribution is 2.32. The second-order valence-electron chi connectivity index (χ2n) is 5.17. The van der Waals surface area contributed by atoms with Crippen LogP contribution in [0.5, 0.6) is 5.75 Å². The molecule has 4 nitrogen and oxygen atoms in total. The van der Waals surface area contributed by atoms with E-state index < -0.39 is 12.0 Å². The average Bonchev–Trinajstić information content (AvgIpc) is 2.36. The van der Waals surface area contributed by atoms with E-state index in [4.69, 9.17) is 27.9 Å². The number of rotatable bonds is 8. The van der Waals surface area contributed by atoms with Crippen molar-refractivity contribution in [1.29, 1.82) is 0 Å². The number of hydrogen-bond acceptors (Lipinski definition) is 3. The molecule has 21 heavy (non-hydrogen) atoms. The van der Waals surface area contributed by atoms with Gasteiger partial charge in [0.2, 0.25) is 0 Å². The van der Waals surface area contributed by atoms with E-state index in [0.717, 1.165) is 12.0 Å². The summed E-state index contributed by atoms with van der Waals surface area (Å²) < 4.78 is 5.65. The van der Waals surface area contributed by atoms with Crippen molar-refractivity contribution in [3.05, 3.63) is 27.7 Å². The van der Waals surface area contributed by atoms with Crippen LogP contribution in [0.15, 0.2) is 12.1 Å². The molecule has 0 saturated carbocycles. The van der Waals surface area contributed by atoms with Crippen molar-refractivity contribution in [2.24, 2.45) is 5.92 Å². The highest BCUT2D eigenvalue weighted by molar-refractivity contribution is 6.35. The zero-order valence-electron chi connectivity index (χ0n) is 12.5. The van der Waals surface area contributed by atoms with Gasteiger partial charge < -0.3 is 9.84 Å². The van der Waals surface area contributed by atoms with E-state index in [1.165, 1.54) is 0 Å². The van der Waals surface area contributed by atoms with Crippen molar-refractivity contribution in [2.75, 3.05) is 6.61 Å². The monoisotopic (exact) mass is 333 g/mol. The molecule has 6 heteroatoms. The number of hydrogen-bond donors (Lipinski definition) is 2. The van der Waals surface area contributed by atoms with Crippen LogP contribution in [-0.4, -0.2) is 23.7 Å². The third kappa shape index (κ3) is 5.38. The minimum Gasteiger partial charge on any atom is -0.492 e. The first kappa shape index (κ1) is 18.1. The number of carbonyl (C=O) groups is 1. The quantitative estimate of drug-likeness (QED) is 0.755. The van der Waals surface area contributed by atoms with Crippen molar-refractivity contribution < 1.29 is 14.6 Å². The molecular weight excluding hydrogens is 313 g/mol. The molecule has 118 valence electrons. The number of nitrogens with one attached hydrogen (secondary N) is 1. The van der Waals surface area contributed by atoms with E-state index in [2.05, 4.69) is 5.32 Å². The molecule has 0 aliphatic heterocycles. The van der Waals surface area contributed by atoms with Crippen LogP contribution in [-0.2, 0) is 11.3 Å². The van der Waals surface area contributed by atoms with E-state index in [0.29, 0.717) is 28.9 Å². The Morgan fingerprint density at radius 3 is 2.57 bits per heavy atom. The standard InChI is InChI=1S/C15H21Cl2NO3/c1-4-5-21-14-10(6-11(16)7-12(14)17)8-18-13(9(2)3)15(19)20/h6-7,9,13,18H,4-5,8H2,1-3H3,(H,19,20). The van der Waals surface area contributed by atoms with Gasteiger partial charge in [0.25, 0.3) is 0 Å². The van der Waals surface area contributed by atoms with Crippen LogP contribution in [0.1, 0.15) is 32.8 Å². The molecule has 1 rings (SSSR count). The summed E-state index contributed by atoms with van der Waals surface area (Å²) >= 11 is 12.2. The van der Waals surface area contributed by atoms with Crippen molar-refractivity contribution in [2.45, 2.75) is 39.8 Å². The van der Waals surface area contributed by atoms with Crippen molar-refractivity contribution in [3.63, 3.8) is 0 Å². The molecule has 2 N–H and O–H groups in total. The number of aliphatic carboxylic acids is 1. The van der Waals surface area contributed by atoms with Crippen LogP contribution in [0.2, 0.25) is 10.0 Å². The Morgan fingerprint density at radius 1 is 1.38 bits per heavy atom. The fourth-order valence-corrected chi connectivity index (χ4v) is 2.53. The number of carboxylic acid groups (broad SMARTS) is 1.